The molecule has 6 nitrogen and oxygen atoms in total. The molecule has 1 aromatic heterocycles. The van der Waals surface area contributed by atoms with Crippen LogP contribution in [0, 0.1) is 0 Å². The van der Waals surface area contributed by atoms with E-state index in [1.807, 2.05) is 0 Å². The van der Waals surface area contributed by atoms with E-state index in [1.165, 1.54) is 12.4 Å². The number of halogens is 1. The molecule has 0 aliphatic heterocycles. The van der Waals surface area contributed by atoms with Crippen molar-refractivity contribution < 1.29 is 9.59 Å². The first kappa shape index (κ1) is 12.8. The second-order valence-electron chi connectivity index (χ2n) is 4.21. The third kappa shape index (κ3) is 3.40. The van der Waals surface area contributed by atoms with Gasteiger partial charge in [-0.25, -0.2) is 4.98 Å². The van der Waals surface area contributed by atoms with Crippen LogP contribution in [-0.4, -0.2) is 33.9 Å². The molecule has 0 aromatic carbocycles. The van der Waals surface area contributed by atoms with Gasteiger partial charge >= 0.3 is 0 Å². The van der Waals surface area contributed by atoms with E-state index in [0.717, 1.165) is 12.8 Å². The summed E-state index contributed by atoms with van der Waals surface area (Å²) >= 11 is 5.63. The average Bonchev–Trinajstić information content (AvgIpc) is 3.12. The molecule has 0 saturated heterocycles. The largest absolute Gasteiger partial charge is 0.352 e. The first-order chi connectivity index (χ1) is 8.56. The molecule has 0 radical (unpaired) electrons. The van der Waals surface area contributed by atoms with Crippen LogP contribution in [0.1, 0.15) is 30.3 Å². The van der Waals surface area contributed by atoms with Gasteiger partial charge in [-0.3, -0.25) is 14.6 Å². The maximum atomic E-state index is 11.8. The molecule has 1 saturated carbocycles. The highest BCUT2D eigenvalue weighted by molar-refractivity contribution is 6.29. The highest BCUT2D eigenvalue weighted by Crippen LogP contribution is 2.18. The minimum atomic E-state index is -0.612. The van der Waals surface area contributed by atoms with Gasteiger partial charge in [0.25, 0.3) is 5.91 Å². The summed E-state index contributed by atoms with van der Waals surface area (Å²) in [7, 11) is 0. The van der Waals surface area contributed by atoms with Crippen LogP contribution in [0.4, 0.5) is 0 Å². The monoisotopic (exact) mass is 268 g/mol. The Hall–Kier alpha value is -1.69. The molecule has 2 rings (SSSR count). The summed E-state index contributed by atoms with van der Waals surface area (Å²) in [5, 5.41) is 5.49. The summed E-state index contributed by atoms with van der Waals surface area (Å²) in [6, 6.07) is -0.346. The van der Waals surface area contributed by atoms with Crippen molar-refractivity contribution in [2.45, 2.75) is 31.8 Å². The second kappa shape index (κ2) is 5.30. The number of hydrogen-bond donors (Lipinski definition) is 2. The second-order valence-corrected chi connectivity index (χ2v) is 4.59. The van der Waals surface area contributed by atoms with E-state index in [-0.39, 0.29) is 22.8 Å². The normalized spacial score (nSPS) is 15.9. The van der Waals surface area contributed by atoms with E-state index in [2.05, 4.69) is 20.6 Å². The minimum absolute atomic E-state index is 0.0913. The van der Waals surface area contributed by atoms with Gasteiger partial charge in [-0.15, -0.1) is 0 Å². The molecule has 18 heavy (non-hydrogen) atoms. The Bertz CT molecular complexity index is 476. The van der Waals surface area contributed by atoms with E-state index in [1.54, 1.807) is 6.92 Å². The predicted octanol–water partition coefficient (Wildman–Crippen LogP) is 0.527. The Labute approximate surface area is 109 Å². The maximum absolute atomic E-state index is 11.8. The third-order valence-corrected chi connectivity index (χ3v) is 2.68. The molecule has 1 aromatic rings. The maximum Gasteiger partial charge on any atom is 0.272 e. The number of nitrogens with zero attached hydrogens (tertiary/aromatic N) is 2. The van der Waals surface area contributed by atoms with Crippen LogP contribution in [0.2, 0.25) is 5.15 Å². The molecule has 0 bridgehead atoms. The highest BCUT2D eigenvalue weighted by Gasteiger charge is 2.26. The fraction of sp³-hybridized carbons (Fsp3) is 0.455. The number of amides is 2. The van der Waals surface area contributed by atoms with Gasteiger partial charge in [0.05, 0.1) is 12.4 Å². The van der Waals surface area contributed by atoms with Gasteiger partial charge in [-0.2, -0.15) is 0 Å². The van der Waals surface area contributed by atoms with Gasteiger partial charge in [0.15, 0.2) is 0 Å². The molecule has 2 amide bonds. The lowest BCUT2D eigenvalue weighted by molar-refractivity contribution is -0.122. The van der Waals surface area contributed by atoms with Crippen molar-refractivity contribution >= 4 is 23.4 Å². The molecule has 1 aliphatic rings. The van der Waals surface area contributed by atoms with Gasteiger partial charge in [-0.05, 0) is 19.8 Å². The topological polar surface area (TPSA) is 84.0 Å². The smallest absolute Gasteiger partial charge is 0.272 e. The molecule has 1 atom stereocenters. The Morgan fingerprint density at radius 3 is 2.78 bits per heavy atom. The fourth-order valence-electron chi connectivity index (χ4n) is 1.34. The summed E-state index contributed by atoms with van der Waals surface area (Å²) in [4.78, 5) is 31.0. The Morgan fingerprint density at radius 2 is 2.17 bits per heavy atom. The summed E-state index contributed by atoms with van der Waals surface area (Å²) in [6.45, 7) is 1.62. The van der Waals surface area contributed by atoms with Crippen molar-refractivity contribution in [2.75, 3.05) is 0 Å². The standard InChI is InChI=1S/C11H13ClN4O2/c1-6(10(17)15-7-2-3-7)14-11(18)8-4-13-5-9(12)16-8/h4-7H,2-3H2,1H3,(H,14,18)(H,15,17). The van der Waals surface area contributed by atoms with Crippen molar-refractivity contribution in [2.24, 2.45) is 0 Å². The SMILES string of the molecule is CC(NC(=O)c1cncc(Cl)n1)C(=O)NC1CC1. The van der Waals surface area contributed by atoms with Crippen molar-refractivity contribution in [3.63, 3.8) is 0 Å². The predicted molar refractivity (Wildman–Crippen MR) is 65.1 cm³/mol. The van der Waals surface area contributed by atoms with Crippen molar-refractivity contribution in [3.05, 3.63) is 23.2 Å². The first-order valence-electron chi connectivity index (χ1n) is 5.65. The molecular weight excluding hydrogens is 256 g/mol. The van der Waals surface area contributed by atoms with Crippen molar-refractivity contribution in [1.82, 2.24) is 20.6 Å². The molecule has 0 spiro atoms. The van der Waals surface area contributed by atoms with Crippen LogP contribution >= 0.6 is 11.6 Å². The molecule has 1 fully saturated rings. The molecule has 1 unspecified atom stereocenters. The van der Waals surface area contributed by atoms with E-state index < -0.39 is 11.9 Å². The van der Waals surface area contributed by atoms with Crippen LogP contribution in [0.5, 0.6) is 0 Å². The zero-order chi connectivity index (χ0) is 13.1. The number of rotatable bonds is 4. The average molecular weight is 269 g/mol. The lowest BCUT2D eigenvalue weighted by atomic mass is 10.3. The molecule has 1 aliphatic carbocycles. The zero-order valence-corrected chi connectivity index (χ0v) is 10.6. The van der Waals surface area contributed by atoms with E-state index in [0.29, 0.717) is 0 Å². The number of carbonyl (C=O) groups is 2. The summed E-state index contributed by atoms with van der Waals surface area (Å²) in [5.74, 6) is -0.663. The van der Waals surface area contributed by atoms with Gasteiger partial charge in [0.1, 0.15) is 16.9 Å². The van der Waals surface area contributed by atoms with Crippen LogP contribution in [0.15, 0.2) is 12.4 Å². The van der Waals surface area contributed by atoms with Crippen LogP contribution in [0.25, 0.3) is 0 Å². The van der Waals surface area contributed by atoms with Gasteiger partial charge in [-0.1, -0.05) is 11.6 Å². The Kier molecular flexibility index (Phi) is 3.76. The highest BCUT2D eigenvalue weighted by atomic mass is 35.5. The van der Waals surface area contributed by atoms with Crippen LogP contribution in [0.3, 0.4) is 0 Å². The zero-order valence-electron chi connectivity index (χ0n) is 9.81. The molecule has 1 heterocycles. The molecule has 2 N–H and O–H groups in total. The quantitative estimate of drug-likeness (QED) is 0.834. The molecule has 7 heteroatoms. The van der Waals surface area contributed by atoms with E-state index in [4.69, 9.17) is 11.6 Å². The van der Waals surface area contributed by atoms with Gasteiger partial charge in [0, 0.05) is 6.04 Å². The minimum Gasteiger partial charge on any atom is -0.352 e. The number of hydrogen-bond acceptors (Lipinski definition) is 4. The van der Waals surface area contributed by atoms with Crippen LogP contribution < -0.4 is 10.6 Å². The number of carbonyl (C=O) groups excluding carboxylic acids is 2. The van der Waals surface area contributed by atoms with Crippen molar-refractivity contribution in [1.29, 1.82) is 0 Å². The van der Waals surface area contributed by atoms with Gasteiger partial charge in [0.2, 0.25) is 5.91 Å². The van der Waals surface area contributed by atoms with Crippen molar-refractivity contribution in [3.8, 4) is 0 Å². The summed E-state index contributed by atoms with van der Waals surface area (Å²) < 4.78 is 0. The Morgan fingerprint density at radius 1 is 1.44 bits per heavy atom. The molecular formula is C11H13ClN4O2. The van der Waals surface area contributed by atoms with Gasteiger partial charge < -0.3 is 10.6 Å². The lowest BCUT2D eigenvalue weighted by Crippen LogP contribution is -2.45. The van der Waals surface area contributed by atoms with Crippen LogP contribution in [-0.2, 0) is 4.79 Å². The first-order valence-corrected chi connectivity index (χ1v) is 6.03. The summed E-state index contributed by atoms with van der Waals surface area (Å²) in [6.07, 6.45) is 4.65. The Balaban J connectivity index is 1.91. The number of nitrogens with one attached hydrogen (secondary N) is 2. The molecule has 96 valence electrons. The summed E-state index contributed by atoms with van der Waals surface area (Å²) in [5.41, 5.74) is 0.0913. The number of aromatic nitrogens is 2. The lowest BCUT2D eigenvalue weighted by Gasteiger charge is -2.13. The third-order valence-electron chi connectivity index (χ3n) is 2.50. The fourth-order valence-corrected chi connectivity index (χ4v) is 1.49. The van der Waals surface area contributed by atoms with E-state index >= 15 is 0 Å². The van der Waals surface area contributed by atoms with E-state index in [9.17, 15) is 9.59 Å².